The van der Waals surface area contributed by atoms with Crippen LogP contribution in [0.15, 0.2) is 60.8 Å². The van der Waals surface area contributed by atoms with Crippen LogP contribution in [-0.4, -0.2) is 21.2 Å². The Labute approximate surface area is 140 Å². The van der Waals surface area contributed by atoms with Gasteiger partial charge in [-0.2, -0.15) is 0 Å². The minimum atomic E-state index is -0.681. The second kappa shape index (κ2) is 7.38. The Morgan fingerprint density at radius 3 is 2.54 bits per heavy atom. The number of para-hydroxylation sites is 1. The number of hydrogen-bond donors (Lipinski definition) is 2. The van der Waals surface area contributed by atoms with E-state index in [-0.39, 0.29) is 5.82 Å². The number of nitrogens with zero attached hydrogens (tertiary/aromatic N) is 2. The zero-order valence-electron chi connectivity index (χ0n) is 13.5. The van der Waals surface area contributed by atoms with Gasteiger partial charge in [0.05, 0.1) is 18.0 Å². The molecule has 3 aromatic rings. The van der Waals surface area contributed by atoms with Gasteiger partial charge in [-0.3, -0.25) is 4.57 Å². The van der Waals surface area contributed by atoms with Gasteiger partial charge in [0.15, 0.2) is 0 Å². The fraction of sp³-hybridized carbons (Fsp3) is 0.211. The number of aromatic nitrogens is 2. The molecule has 0 saturated heterocycles. The van der Waals surface area contributed by atoms with Crippen LogP contribution in [0.2, 0.25) is 0 Å². The fourth-order valence-corrected chi connectivity index (χ4v) is 2.69. The maximum Gasteiger partial charge on any atom is 0.123 e. The number of hydrogen-bond acceptors (Lipinski definition) is 3. The normalized spacial score (nSPS) is 12.3. The van der Waals surface area contributed by atoms with Crippen LogP contribution in [0.25, 0.3) is 5.69 Å². The second-order valence-electron chi connectivity index (χ2n) is 5.67. The van der Waals surface area contributed by atoms with Crippen LogP contribution >= 0.6 is 0 Å². The van der Waals surface area contributed by atoms with Crippen molar-refractivity contribution >= 4 is 0 Å². The molecule has 0 aliphatic heterocycles. The maximum absolute atomic E-state index is 12.9. The van der Waals surface area contributed by atoms with Crippen LogP contribution in [0.1, 0.15) is 23.2 Å². The molecule has 0 saturated carbocycles. The summed E-state index contributed by atoms with van der Waals surface area (Å²) < 4.78 is 15.0. The summed E-state index contributed by atoms with van der Waals surface area (Å²) in [6.45, 7) is 2.92. The smallest absolute Gasteiger partial charge is 0.123 e. The first-order chi connectivity index (χ1) is 11.6. The van der Waals surface area contributed by atoms with Crippen molar-refractivity contribution in [3.63, 3.8) is 0 Å². The highest BCUT2D eigenvalue weighted by atomic mass is 19.1. The highest BCUT2D eigenvalue weighted by molar-refractivity contribution is 5.35. The molecule has 2 N–H and O–H groups in total. The standard InChI is InChI=1S/C19H20FN3O/c1-14-22-12-18(23(14)17-5-3-2-4-6-17)11-21-13-19(24)15-7-9-16(20)10-8-15/h2-10,12,19,21,24H,11,13H2,1H3. The van der Waals surface area contributed by atoms with E-state index >= 15 is 0 Å². The molecule has 0 amide bonds. The second-order valence-corrected chi connectivity index (χ2v) is 5.67. The highest BCUT2D eigenvalue weighted by Crippen LogP contribution is 2.15. The van der Waals surface area contributed by atoms with Crippen molar-refractivity contribution in [2.75, 3.05) is 6.54 Å². The van der Waals surface area contributed by atoms with E-state index in [1.165, 1.54) is 12.1 Å². The SMILES string of the molecule is Cc1ncc(CNCC(O)c2ccc(F)cc2)n1-c1ccccc1. The van der Waals surface area contributed by atoms with Gasteiger partial charge in [0.1, 0.15) is 11.6 Å². The summed E-state index contributed by atoms with van der Waals surface area (Å²) in [7, 11) is 0. The third kappa shape index (κ3) is 3.69. The van der Waals surface area contributed by atoms with Crippen molar-refractivity contribution in [2.45, 2.75) is 19.6 Å². The zero-order chi connectivity index (χ0) is 16.9. The molecular formula is C19H20FN3O. The van der Waals surface area contributed by atoms with E-state index in [0.29, 0.717) is 18.7 Å². The van der Waals surface area contributed by atoms with Gasteiger partial charge in [0.25, 0.3) is 0 Å². The van der Waals surface area contributed by atoms with E-state index in [1.54, 1.807) is 12.1 Å². The van der Waals surface area contributed by atoms with Crippen LogP contribution in [-0.2, 0) is 6.54 Å². The van der Waals surface area contributed by atoms with Crippen LogP contribution < -0.4 is 5.32 Å². The molecule has 124 valence electrons. The van der Waals surface area contributed by atoms with Gasteiger partial charge in [0.2, 0.25) is 0 Å². The monoisotopic (exact) mass is 325 g/mol. The van der Waals surface area contributed by atoms with E-state index in [0.717, 1.165) is 17.2 Å². The quantitative estimate of drug-likeness (QED) is 0.732. The van der Waals surface area contributed by atoms with Crippen LogP contribution in [0.5, 0.6) is 0 Å². The fourth-order valence-electron chi connectivity index (χ4n) is 2.69. The predicted octanol–water partition coefficient (Wildman–Crippen LogP) is 3.14. The van der Waals surface area contributed by atoms with Gasteiger partial charge in [-0.25, -0.2) is 9.37 Å². The number of imidazole rings is 1. The summed E-state index contributed by atoms with van der Waals surface area (Å²) in [6, 6.07) is 15.9. The minimum Gasteiger partial charge on any atom is -0.387 e. The van der Waals surface area contributed by atoms with E-state index < -0.39 is 6.10 Å². The topological polar surface area (TPSA) is 50.1 Å². The summed E-state index contributed by atoms with van der Waals surface area (Å²) in [5.41, 5.74) is 2.77. The first-order valence-electron chi connectivity index (χ1n) is 7.88. The number of aliphatic hydroxyl groups is 1. The number of benzene rings is 2. The molecule has 0 bridgehead atoms. The Bertz CT molecular complexity index is 784. The molecule has 0 spiro atoms. The van der Waals surface area contributed by atoms with E-state index in [2.05, 4.69) is 14.9 Å². The van der Waals surface area contributed by atoms with Crippen molar-refractivity contribution in [1.29, 1.82) is 0 Å². The summed E-state index contributed by atoms with van der Waals surface area (Å²) in [5.74, 6) is 0.609. The Morgan fingerprint density at radius 2 is 1.83 bits per heavy atom. The first kappa shape index (κ1) is 16.4. The predicted molar refractivity (Wildman–Crippen MR) is 91.4 cm³/mol. The van der Waals surface area contributed by atoms with E-state index in [4.69, 9.17) is 0 Å². The number of rotatable bonds is 6. The Morgan fingerprint density at radius 1 is 1.12 bits per heavy atom. The lowest BCUT2D eigenvalue weighted by molar-refractivity contribution is 0.174. The number of aryl methyl sites for hydroxylation is 1. The van der Waals surface area contributed by atoms with Gasteiger partial charge in [-0.1, -0.05) is 30.3 Å². The molecule has 0 radical (unpaired) electrons. The molecule has 1 heterocycles. The molecule has 1 unspecified atom stereocenters. The molecule has 5 heteroatoms. The van der Waals surface area contributed by atoms with Gasteiger partial charge < -0.3 is 10.4 Å². The first-order valence-corrected chi connectivity index (χ1v) is 7.88. The molecule has 0 aliphatic carbocycles. The highest BCUT2D eigenvalue weighted by Gasteiger charge is 2.10. The van der Waals surface area contributed by atoms with Gasteiger partial charge in [-0.15, -0.1) is 0 Å². The molecule has 0 aliphatic rings. The summed E-state index contributed by atoms with van der Waals surface area (Å²) in [6.07, 6.45) is 1.15. The summed E-state index contributed by atoms with van der Waals surface area (Å²) in [4.78, 5) is 4.38. The minimum absolute atomic E-state index is 0.304. The lowest BCUT2D eigenvalue weighted by Gasteiger charge is -2.14. The van der Waals surface area contributed by atoms with Crippen molar-refractivity contribution in [3.05, 3.63) is 83.7 Å². The summed E-state index contributed by atoms with van der Waals surface area (Å²) in [5, 5.41) is 13.4. The lowest BCUT2D eigenvalue weighted by atomic mass is 10.1. The number of halogens is 1. The maximum atomic E-state index is 12.9. The Kier molecular flexibility index (Phi) is 5.03. The van der Waals surface area contributed by atoms with Crippen LogP contribution in [0.3, 0.4) is 0 Å². The van der Waals surface area contributed by atoms with Crippen molar-refractivity contribution in [1.82, 2.24) is 14.9 Å². The Hall–Kier alpha value is -2.50. The molecule has 24 heavy (non-hydrogen) atoms. The molecule has 2 aromatic carbocycles. The third-order valence-corrected chi connectivity index (χ3v) is 3.92. The van der Waals surface area contributed by atoms with Crippen LogP contribution in [0, 0.1) is 12.7 Å². The lowest BCUT2D eigenvalue weighted by Crippen LogP contribution is -2.22. The molecule has 1 atom stereocenters. The molecule has 3 rings (SSSR count). The number of nitrogens with one attached hydrogen (secondary N) is 1. The molecular weight excluding hydrogens is 305 g/mol. The summed E-state index contributed by atoms with van der Waals surface area (Å²) >= 11 is 0. The van der Waals surface area contributed by atoms with Gasteiger partial charge >= 0.3 is 0 Å². The van der Waals surface area contributed by atoms with E-state index in [1.807, 2.05) is 43.5 Å². The number of aliphatic hydroxyl groups excluding tert-OH is 1. The van der Waals surface area contributed by atoms with Crippen molar-refractivity contribution in [2.24, 2.45) is 0 Å². The third-order valence-electron chi connectivity index (χ3n) is 3.92. The van der Waals surface area contributed by atoms with Crippen molar-refractivity contribution in [3.8, 4) is 5.69 Å². The average Bonchev–Trinajstić information content (AvgIpc) is 2.97. The largest absolute Gasteiger partial charge is 0.387 e. The van der Waals surface area contributed by atoms with Gasteiger partial charge in [0, 0.05) is 18.8 Å². The van der Waals surface area contributed by atoms with Crippen molar-refractivity contribution < 1.29 is 9.50 Å². The van der Waals surface area contributed by atoms with E-state index in [9.17, 15) is 9.50 Å². The molecule has 4 nitrogen and oxygen atoms in total. The average molecular weight is 325 g/mol. The van der Waals surface area contributed by atoms with Crippen LogP contribution in [0.4, 0.5) is 4.39 Å². The molecule has 0 fully saturated rings. The van der Waals surface area contributed by atoms with Gasteiger partial charge in [-0.05, 0) is 36.8 Å². The molecule has 1 aromatic heterocycles. The Balaban J connectivity index is 1.64. The zero-order valence-corrected chi connectivity index (χ0v) is 13.5.